The van der Waals surface area contributed by atoms with Gasteiger partial charge in [-0.15, -0.1) is 21.5 Å². The van der Waals surface area contributed by atoms with Gasteiger partial charge in [-0.1, -0.05) is 23.9 Å². The summed E-state index contributed by atoms with van der Waals surface area (Å²) in [6, 6.07) is 9.69. The number of carbonyl (C=O) groups excluding carboxylic acids is 1. The van der Waals surface area contributed by atoms with E-state index in [1.807, 2.05) is 4.57 Å². The third-order valence-corrected chi connectivity index (χ3v) is 6.68. The summed E-state index contributed by atoms with van der Waals surface area (Å²) in [5, 5.41) is 13.4. The quantitative estimate of drug-likeness (QED) is 0.346. The Bertz CT molecular complexity index is 1340. The predicted molar refractivity (Wildman–Crippen MR) is 121 cm³/mol. The highest BCUT2D eigenvalue weighted by Gasteiger charge is 2.31. The Hall–Kier alpha value is -3.18. The van der Waals surface area contributed by atoms with Gasteiger partial charge in [0, 0.05) is 17.0 Å². The van der Waals surface area contributed by atoms with Gasteiger partial charge in [-0.05, 0) is 43.2 Å². The third kappa shape index (κ3) is 4.64. The first-order chi connectivity index (χ1) is 16.0. The van der Waals surface area contributed by atoms with Crippen molar-refractivity contribution in [3.63, 3.8) is 0 Å². The van der Waals surface area contributed by atoms with Crippen molar-refractivity contribution in [3.8, 4) is 22.6 Å². The number of hydrogen-bond donors (Lipinski definition) is 1. The van der Waals surface area contributed by atoms with Crippen molar-refractivity contribution in [1.82, 2.24) is 19.7 Å². The summed E-state index contributed by atoms with van der Waals surface area (Å²) in [5.41, 5.74) is 0.635. The molecule has 1 aliphatic rings. The van der Waals surface area contributed by atoms with E-state index < -0.39 is 11.6 Å². The van der Waals surface area contributed by atoms with Crippen LogP contribution in [0.2, 0.25) is 0 Å². The van der Waals surface area contributed by atoms with Gasteiger partial charge in [0.15, 0.2) is 16.1 Å². The van der Waals surface area contributed by atoms with Crippen molar-refractivity contribution in [2.45, 2.75) is 24.0 Å². The molecule has 0 bridgehead atoms. The number of thiazole rings is 1. The van der Waals surface area contributed by atoms with Crippen LogP contribution in [0.3, 0.4) is 0 Å². The van der Waals surface area contributed by atoms with E-state index >= 15 is 0 Å². The number of nitrogens with zero attached hydrogens (tertiary/aromatic N) is 4. The molecule has 2 aromatic heterocycles. The van der Waals surface area contributed by atoms with Crippen LogP contribution in [0.1, 0.15) is 18.9 Å². The van der Waals surface area contributed by atoms with Crippen molar-refractivity contribution in [3.05, 3.63) is 65.3 Å². The van der Waals surface area contributed by atoms with E-state index in [1.165, 1.54) is 17.8 Å². The summed E-state index contributed by atoms with van der Waals surface area (Å²) in [7, 11) is 0. The summed E-state index contributed by atoms with van der Waals surface area (Å²) >= 11 is 2.31. The molecule has 1 saturated carbocycles. The Kier molecular flexibility index (Phi) is 5.90. The number of rotatable bonds is 7. The fourth-order valence-corrected chi connectivity index (χ4v) is 4.83. The molecule has 1 aliphatic carbocycles. The number of benzene rings is 2. The Morgan fingerprint density at radius 2 is 1.88 bits per heavy atom. The smallest absolute Gasteiger partial charge is 0.236 e. The van der Waals surface area contributed by atoms with Crippen LogP contribution in [0.25, 0.3) is 22.6 Å². The molecule has 1 fully saturated rings. The van der Waals surface area contributed by atoms with Gasteiger partial charge in [0.1, 0.15) is 17.5 Å². The fraction of sp³-hybridized carbons (Fsp3) is 0.182. The van der Waals surface area contributed by atoms with Crippen LogP contribution >= 0.6 is 23.1 Å². The van der Waals surface area contributed by atoms with Crippen LogP contribution in [-0.4, -0.2) is 31.4 Å². The lowest BCUT2D eigenvalue weighted by molar-refractivity contribution is -0.113. The molecule has 0 saturated heterocycles. The minimum atomic E-state index is -0.597. The molecule has 4 aromatic rings. The van der Waals surface area contributed by atoms with Crippen molar-refractivity contribution in [1.29, 1.82) is 0 Å². The van der Waals surface area contributed by atoms with Crippen LogP contribution in [0.4, 0.5) is 18.3 Å². The lowest BCUT2D eigenvalue weighted by atomic mass is 10.1. The molecule has 0 spiro atoms. The highest BCUT2D eigenvalue weighted by molar-refractivity contribution is 7.99. The molecule has 0 atom stereocenters. The highest BCUT2D eigenvalue weighted by atomic mass is 32.2. The van der Waals surface area contributed by atoms with Crippen molar-refractivity contribution >= 4 is 34.1 Å². The number of carbonyl (C=O) groups is 1. The zero-order chi connectivity index (χ0) is 22.9. The highest BCUT2D eigenvalue weighted by Crippen LogP contribution is 2.41. The van der Waals surface area contributed by atoms with Crippen LogP contribution in [0.15, 0.2) is 53.0 Å². The topological polar surface area (TPSA) is 72.7 Å². The second-order valence-electron chi connectivity index (χ2n) is 7.39. The molecule has 2 heterocycles. The Labute approximate surface area is 194 Å². The molecule has 11 heteroatoms. The Morgan fingerprint density at radius 1 is 1.09 bits per heavy atom. The number of thioether (sulfide) groups is 1. The second-order valence-corrected chi connectivity index (χ2v) is 9.19. The fourth-order valence-electron chi connectivity index (χ4n) is 3.30. The van der Waals surface area contributed by atoms with Crippen LogP contribution in [0.5, 0.6) is 0 Å². The summed E-state index contributed by atoms with van der Waals surface area (Å²) in [5.74, 6) is -1.41. The molecule has 6 nitrogen and oxygen atoms in total. The lowest BCUT2D eigenvalue weighted by Crippen LogP contribution is -2.14. The van der Waals surface area contributed by atoms with Crippen molar-refractivity contribution in [2.24, 2.45) is 0 Å². The van der Waals surface area contributed by atoms with Gasteiger partial charge in [-0.2, -0.15) is 0 Å². The SMILES string of the molecule is O=C(CSc1nnc(-c2ccccc2F)n1C1CC1)Nc1nc(-c2cc(F)ccc2F)cs1. The van der Waals surface area contributed by atoms with Gasteiger partial charge in [-0.3, -0.25) is 9.36 Å². The molecule has 0 aliphatic heterocycles. The molecule has 0 radical (unpaired) electrons. The van der Waals surface area contributed by atoms with E-state index in [1.54, 1.807) is 23.6 Å². The van der Waals surface area contributed by atoms with Crippen LogP contribution in [-0.2, 0) is 4.79 Å². The van der Waals surface area contributed by atoms with Crippen molar-refractivity contribution < 1.29 is 18.0 Å². The molecular weight excluding hydrogens is 471 g/mol. The first kappa shape index (κ1) is 21.7. The third-order valence-electron chi connectivity index (χ3n) is 4.98. The average Bonchev–Trinajstić information content (AvgIpc) is 3.39. The summed E-state index contributed by atoms with van der Waals surface area (Å²) < 4.78 is 43.6. The first-order valence-electron chi connectivity index (χ1n) is 10.0. The van der Waals surface area contributed by atoms with Crippen LogP contribution in [0, 0.1) is 17.5 Å². The number of hydrogen-bond acceptors (Lipinski definition) is 6. The Balaban J connectivity index is 1.27. The molecule has 2 aromatic carbocycles. The van der Waals surface area contributed by atoms with Gasteiger partial charge in [0.2, 0.25) is 5.91 Å². The number of amides is 1. The summed E-state index contributed by atoms with van der Waals surface area (Å²) in [4.78, 5) is 16.6. The molecule has 1 amide bonds. The minimum absolute atomic E-state index is 0.0272. The maximum atomic E-state index is 14.3. The number of aromatic nitrogens is 4. The van der Waals surface area contributed by atoms with E-state index in [2.05, 4.69) is 20.5 Å². The van der Waals surface area contributed by atoms with E-state index in [0.29, 0.717) is 16.5 Å². The molecular formula is C22H16F3N5OS2. The first-order valence-corrected chi connectivity index (χ1v) is 11.9. The van der Waals surface area contributed by atoms with Gasteiger partial charge in [0.05, 0.1) is 17.0 Å². The van der Waals surface area contributed by atoms with Gasteiger partial charge in [-0.25, -0.2) is 18.2 Å². The van der Waals surface area contributed by atoms with Crippen molar-refractivity contribution in [2.75, 3.05) is 11.1 Å². The second kappa shape index (κ2) is 8.99. The summed E-state index contributed by atoms with van der Waals surface area (Å²) in [6.45, 7) is 0. The molecule has 0 unspecified atom stereocenters. The Morgan fingerprint density at radius 3 is 2.67 bits per heavy atom. The normalized spacial score (nSPS) is 13.3. The number of anilines is 1. The maximum Gasteiger partial charge on any atom is 0.236 e. The molecule has 33 heavy (non-hydrogen) atoms. The van der Waals surface area contributed by atoms with E-state index in [9.17, 15) is 18.0 Å². The standard InChI is InChI=1S/C22H16F3N5OS2/c23-12-5-8-17(25)15(9-12)18-10-32-21(26-18)27-19(31)11-33-22-29-28-20(30(22)13-6-7-13)14-3-1-2-4-16(14)24/h1-5,8-10,13H,6-7,11H2,(H,26,27,31). The summed E-state index contributed by atoms with van der Waals surface area (Å²) in [6.07, 6.45) is 1.88. The molecule has 1 N–H and O–H groups in total. The largest absolute Gasteiger partial charge is 0.301 e. The minimum Gasteiger partial charge on any atom is -0.301 e. The lowest BCUT2D eigenvalue weighted by Gasteiger charge is -2.09. The monoisotopic (exact) mass is 487 g/mol. The van der Waals surface area contributed by atoms with Gasteiger partial charge in [0.25, 0.3) is 0 Å². The van der Waals surface area contributed by atoms with E-state index in [0.717, 1.165) is 42.4 Å². The maximum absolute atomic E-state index is 14.3. The van der Waals surface area contributed by atoms with Gasteiger partial charge < -0.3 is 5.32 Å². The number of halogens is 3. The van der Waals surface area contributed by atoms with Crippen LogP contribution < -0.4 is 5.32 Å². The van der Waals surface area contributed by atoms with E-state index in [-0.39, 0.29) is 39.9 Å². The predicted octanol–water partition coefficient (Wildman–Crippen LogP) is 5.55. The molecule has 5 rings (SSSR count). The van der Waals surface area contributed by atoms with E-state index in [4.69, 9.17) is 0 Å². The number of nitrogens with one attached hydrogen (secondary N) is 1. The molecule has 168 valence electrons. The average molecular weight is 488 g/mol. The van der Waals surface area contributed by atoms with Gasteiger partial charge >= 0.3 is 0 Å². The zero-order valence-electron chi connectivity index (χ0n) is 17.0. The zero-order valence-corrected chi connectivity index (χ0v) is 18.6.